The number of phenolic OH excluding ortho intramolecular Hbond substituents is 1. The van der Waals surface area contributed by atoms with Crippen molar-refractivity contribution in [2.75, 3.05) is 26.7 Å². The Labute approximate surface area is 204 Å². The predicted molar refractivity (Wildman–Crippen MR) is 142 cm³/mol. The van der Waals surface area contributed by atoms with Crippen molar-refractivity contribution >= 4 is 6.21 Å². The number of benzene rings is 2. The lowest BCUT2D eigenvalue weighted by atomic mass is 9.74. The van der Waals surface area contributed by atoms with E-state index in [9.17, 15) is 5.11 Å². The van der Waals surface area contributed by atoms with Crippen LogP contribution < -0.4 is 10.5 Å². The normalized spacial score (nSPS) is 18.3. The number of likely N-dealkylation sites (tertiary alicyclic amines) is 1. The lowest BCUT2D eigenvalue weighted by Gasteiger charge is -2.39. The summed E-state index contributed by atoms with van der Waals surface area (Å²) in [5.41, 5.74) is 9.15. The molecule has 2 heterocycles. The van der Waals surface area contributed by atoms with Crippen molar-refractivity contribution < 1.29 is 9.84 Å². The SMILES string of the molecule is C=CC=N/C=C(\C)Cc1ccc2c(c1)Oc1c(O)cccc1C2C1CCN(CC=C)CC1.CN. The standard InChI is InChI=1S/C28H32N2O2.CH5N/c1-4-13-29-19-20(3)17-21-9-10-23-26(18-21)32-28-24(7-6-8-25(28)31)27(23)22-11-15-30(14-5-2)16-12-22;1-2/h4-10,13,18-19,22,27,31H,1-2,11-12,14-17H2,3H3;2H2,1H3/b20-19+,29-13?;. The van der Waals surface area contributed by atoms with Gasteiger partial charge in [-0.15, -0.1) is 6.58 Å². The number of fused-ring (bicyclic) bond motifs is 2. The van der Waals surface area contributed by atoms with Crippen LogP contribution in [-0.4, -0.2) is 42.9 Å². The van der Waals surface area contributed by atoms with E-state index in [-0.39, 0.29) is 11.7 Å². The number of aliphatic imine (C=N–C) groups is 1. The number of nitrogens with two attached hydrogens (primary N) is 1. The van der Waals surface area contributed by atoms with Gasteiger partial charge in [-0.2, -0.15) is 0 Å². The van der Waals surface area contributed by atoms with Crippen LogP contribution in [0.2, 0.25) is 0 Å². The molecule has 5 nitrogen and oxygen atoms in total. The molecule has 3 N–H and O–H groups in total. The van der Waals surface area contributed by atoms with E-state index in [0.29, 0.717) is 11.7 Å². The predicted octanol–water partition coefficient (Wildman–Crippen LogP) is 5.81. The van der Waals surface area contributed by atoms with Gasteiger partial charge in [-0.25, -0.2) is 0 Å². The monoisotopic (exact) mass is 459 g/mol. The Balaban J connectivity index is 0.00000158. The number of piperidine rings is 1. The van der Waals surface area contributed by atoms with E-state index >= 15 is 0 Å². The highest BCUT2D eigenvalue weighted by Gasteiger charge is 2.36. The molecule has 180 valence electrons. The summed E-state index contributed by atoms with van der Waals surface area (Å²) in [4.78, 5) is 6.69. The van der Waals surface area contributed by atoms with Crippen LogP contribution in [0.3, 0.4) is 0 Å². The Bertz CT molecular complexity index is 1050. The first-order valence-electron chi connectivity index (χ1n) is 11.9. The number of aromatic hydroxyl groups is 1. The Hall–Kier alpha value is -3.15. The third-order valence-electron chi connectivity index (χ3n) is 6.45. The van der Waals surface area contributed by atoms with Crippen molar-refractivity contribution in [2.24, 2.45) is 16.6 Å². The molecule has 1 fully saturated rings. The van der Waals surface area contributed by atoms with Gasteiger partial charge in [0.1, 0.15) is 5.75 Å². The van der Waals surface area contributed by atoms with Crippen LogP contribution in [-0.2, 0) is 6.42 Å². The molecule has 1 saturated heterocycles. The highest BCUT2D eigenvalue weighted by Crippen LogP contribution is 2.52. The summed E-state index contributed by atoms with van der Waals surface area (Å²) < 4.78 is 6.27. The van der Waals surface area contributed by atoms with Crippen LogP contribution >= 0.6 is 0 Å². The summed E-state index contributed by atoms with van der Waals surface area (Å²) in [7, 11) is 1.50. The van der Waals surface area contributed by atoms with Crippen molar-refractivity contribution in [1.82, 2.24) is 4.90 Å². The van der Waals surface area contributed by atoms with E-state index in [2.05, 4.69) is 60.0 Å². The second-order valence-corrected chi connectivity index (χ2v) is 8.76. The quantitative estimate of drug-likeness (QED) is 0.405. The van der Waals surface area contributed by atoms with Crippen LogP contribution in [0.1, 0.15) is 42.4 Å². The van der Waals surface area contributed by atoms with Gasteiger partial charge in [0, 0.05) is 36.0 Å². The molecule has 34 heavy (non-hydrogen) atoms. The molecule has 0 bridgehead atoms. The molecule has 5 heteroatoms. The highest BCUT2D eigenvalue weighted by atomic mass is 16.5. The van der Waals surface area contributed by atoms with Gasteiger partial charge in [0.05, 0.1) is 0 Å². The average Bonchev–Trinajstić information content (AvgIpc) is 2.85. The van der Waals surface area contributed by atoms with E-state index in [0.717, 1.165) is 55.8 Å². The first kappa shape index (κ1) is 25.5. The van der Waals surface area contributed by atoms with E-state index in [1.54, 1.807) is 18.4 Å². The van der Waals surface area contributed by atoms with Crippen molar-refractivity contribution in [1.29, 1.82) is 0 Å². The number of rotatable bonds is 7. The van der Waals surface area contributed by atoms with Gasteiger partial charge in [0.25, 0.3) is 0 Å². The van der Waals surface area contributed by atoms with Gasteiger partial charge in [-0.1, -0.05) is 48.6 Å². The number of hydrogen-bond donors (Lipinski definition) is 2. The van der Waals surface area contributed by atoms with Crippen molar-refractivity contribution in [2.45, 2.75) is 32.1 Å². The topological polar surface area (TPSA) is 71.1 Å². The molecule has 1 unspecified atom stereocenters. The van der Waals surface area contributed by atoms with E-state index in [1.165, 1.54) is 18.2 Å². The Morgan fingerprint density at radius 1 is 1.18 bits per heavy atom. The minimum absolute atomic E-state index is 0.211. The van der Waals surface area contributed by atoms with Crippen LogP contribution in [0.4, 0.5) is 0 Å². The van der Waals surface area contributed by atoms with E-state index in [4.69, 9.17) is 4.74 Å². The number of allylic oxidation sites excluding steroid dienone is 2. The summed E-state index contributed by atoms with van der Waals surface area (Å²) in [6, 6.07) is 12.3. The molecule has 2 aliphatic rings. The van der Waals surface area contributed by atoms with Crippen molar-refractivity contribution in [3.63, 3.8) is 0 Å². The Kier molecular flexibility index (Phi) is 9.25. The largest absolute Gasteiger partial charge is 0.504 e. The zero-order valence-electron chi connectivity index (χ0n) is 20.4. The fourth-order valence-electron chi connectivity index (χ4n) is 4.97. The number of nitrogens with zero attached hydrogens (tertiary/aromatic N) is 2. The van der Waals surface area contributed by atoms with E-state index < -0.39 is 0 Å². The summed E-state index contributed by atoms with van der Waals surface area (Å²) in [6.45, 7) is 12.7. The zero-order chi connectivity index (χ0) is 24.5. The lowest BCUT2D eigenvalue weighted by molar-refractivity contribution is 0.186. The first-order valence-corrected chi connectivity index (χ1v) is 11.9. The summed E-state index contributed by atoms with van der Waals surface area (Å²) in [6.07, 6.45) is 10.2. The third kappa shape index (κ3) is 5.85. The van der Waals surface area contributed by atoms with Gasteiger partial charge < -0.3 is 15.6 Å². The minimum Gasteiger partial charge on any atom is -0.504 e. The molecule has 0 spiro atoms. The molecule has 2 aromatic rings. The highest BCUT2D eigenvalue weighted by molar-refractivity contribution is 5.70. The summed E-state index contributed by atoms with van der Waals surface area (Å²) in [5, 5.41) is 10.6. The molecule has 4 rings (SSSR count). The van der Waals surface area contributed by atoms with Crippen LogP contribution in [0.5, 0.6) is 17.2 Å². The Morgan fingerprint density at radius 2 is 1.94 bits per heavy atom. The van der Waals surface area contributed by atoms with Crippen molar-refractivity contribution in [3.05, 3.63) is 90.2 Å². The number of phenols is 1. The summed E-state index contributed by atoms with van der Waals surface area (Å²) >= 11 is 0. The maximum atomic E-state index is 10.6. The van der Waals surface area contributed by atoms with Crippen LogP contribution in [0.15, 0.2) is 78.5 Å². The van der Waals surface area contributed by atoms with Gasteiger partial charge >= 0.3 is 0 Å². The van der Waals surface area contributed by atoms with E-state index in [1.807, 2.05) is 18.3 Å². The molecular weight excluding hydrogens is 422 g/mol. The number of para-hydroxylation sites is 1. The first-order chi connectivity index (χ1) is 16.6. The minimum atomic E-state index is 0.211. The fourth-order valence-corrected chi connectivity index (χ4v) is 4.97. The molecule has 2 aromatic carbocycles. The smallest absolute Gasteiger partial charge is 0.172 e. The van der Waals surface area contributed by atoms with Crippen LogP contribution in [0.25, 0.3) is 0 Å². The van der Waals surface area contributed by atoms with Gasteiger partial charge in [-0.05, 0) is 69.9 Å². The molecule has 1 atom stereocenters. The molecule has 0 aliphatic carbocycles. The molecule has 2 aliphatic heterocycles. The fraction of sp³-hybridized carbons (Fsp3) is 0.345. The second kappa shape index (κ2) is 12.4. The molecule has 0 saturated carbocycles. The van der Waals surface area contributed by atoms with Gasteiger partial charge in [0.2, 0.25) is 0 Å². The van der Waals surface area contributed by atoms with Crippen molar-refractivity contribution in [3.8, 4) is 17.2 Å². The van der Waals surface area contributed by atoms with Gasteiger partial charge in [-0.3, -0.25) is 9.89 Å². The average molecular weight is 460 g/mol. The third-order valence-corrected chi connectivity index (χ3v) is 6.45. The number of hydrogen-bond acceptors (Lipinski definition) is 5. The second-order valence-electron chi connectivity index (χ2n) is 8.76. The summed E-state index contributed by atoms with van der Waals surface area (Å²) in [5.74, 6) is 2.42. The molecular formula is C29H37N3O2. The molecule has 0 radical (unpaired) electrons. The van der Waals surface area contributed by atoms with Crippen LogP contribution in [0, 0.1) is 5.92 Å². The lowest BCUT2D eigenvalue weighted by Crippen LogP contribution is -2.36. The van der Waals surface area contributed by atoms with Gasteiger partial charge in [0.15, 0.2) is 11.5 Å². The zero-order valence-corrected chi connectivity index (χ0v) is 20.4. The maximum absolute atomic E-state index is 10.6. The maximum Gasteiger partial charge on any atom is 0.172 e. The Morgan fingerprint density at radius 3 is 2.65 bits per heavy atom. The molecule has 0 aromatic heterocycles. The molecule has 0 amide bonds. The number of ether oxygens (including phenoxy) is 1.